The van der Waals surface area contributed by atoms with Crippen LogP contribution >= 0.6 is 0 Å². The molecule has 0 amide bonds. The highest BCUT2D eigenvalue weighted by molar-refractivity contribution is 7.93. The molecule has 0 aliphatic heterocycles. The van der Waals surface area contributed by atoms with Gasteiger partial charge in [0.25, 0.3) is 10.0 Å². The van der Waals surface area contributed by atoms with E-state index in [0.717, 1.165) is 11.1 Å². The van der Waals surface area contributed by atoms with Crippen molar-refractivity contribution in [3.05, 3.63) is 76.9 Å². The molecule has 3 rings (SSSR count). The van der Waals surface area contributed by atoms with Crippen LogP contribution in [-0.4, -0.2) is 21.9 Å². The van der Waals surface area contributed by atoms with Crippen molar-refractivity contribution in [2.75, 3.05) is 4.72 Å². The lowest BCUT2D eigenvalue weighted by atomic mass is 10.1. The minimum Gasteiger partial charge on any atom is -0.506 e. The lowest BCUT2D eigenvalue weighted by molar-refractivity contribution is 0.454. The molecule has 3 aromatic rings. The van der Waals surface area contributed by atoms with E-state index in [9.17, 15) is 21.9 Å². The average Bonchev–Trinajstić information content (AvgIpc) is 2.69. The summed E-state index contributed by atoms with van der Waals surface area (Å²) >= 11 is 0. The van der Waals surface area contributed by atoms with Crippen LogP contribution in [0.3, 0.4) is 0 Å². The lowest BCUT2D eigenvalue weighted by Crippen LogP contribution is -2.15. The maximum atomic E-state index is 13.1. The van der Waals surface area contributed by atoms with Crippen LogP contribution in [0.5, 0.6) is 5.75 Å². The molecule has 0 saturated carbocycles. The van der Waals surface area contributed by atoms with Crippen molar-refractivity contribution in [2.24, 2.45) is 0 Å². The van der Waals surface area contributed by atoms with Gasteiger partial charge in [-0.1, -0.05) is 35.4 Å². The van der Waals surface area contributed by atoms with Crippen molar-refractivity contribution in [3.8, 4) is 5.75 Å². The smallest absolute Gasteiger partial charge is 0.261 e. The molecule has 0 spiro atoms. The zero-order valence-corrected chi connectivity index (χ0v) is 18.7. The second-order valence-electron chi connectivity index (χ2n) is 7.26. The topological polar surface area (TPSA) is 101 Å². The summed E-state index contributed by atoms with van der Waals surface area (Å²) < 4.78 is 54.3. The van der Waals surface area contributed by atoms with Crippen molar-refractivity contribution in [1.29, 1.82) is 0 Å². The fraction of sp³-hybridized carbons (Fsp3) is 0.182. The molecule has 0 heterocycles. The number of benzene rings is 3. The van der Waals surface area contributed by atoms with E-state index in [1.807, 2.05) is 13.8 Å². The summed E-state index contributed by atoms with van der Waals surface area (Å²) in [4.78, 5) is -0.281. The minimum atomic E-state index is -4.06. The summed E-state index contributed by atoms with van der Waals surface area (Å²) in [5, 5.41) is 10.5. The first-order valence-corrected chi connectivity index (χ1v) is 12.1. The quantitative estimate of drug-likeness (QED) is 0.572. The second kappa shape index (κ2) is 7.77. The maximum Gasteiger partial charge on any atom is 0.261 e. The number of phenols is 1. The molecule has 8 heteroatoms. The number of aryl methyl sites for hydroxylation is 2. The van der Waals surface area contributed by atoms with E-state index in [-0.39, 0.29) is 25.9 Å². The van der Waals surface area contributed by atoms with Gasteiger partial charge < -0.3 is 5.11 Å². The monoisotopic (exact) mass is 445 g/mol. The number of rotatable bonds is 5. The molecule has 0 bridgehead atoms. The predicted octanol–water partition coefficient (Wildman–Crippen LogP) is 4.26. The largest absolute Gasteiger partial charge is 0.506 e. The van der Waals surface area contributed by atoms with Gasteiger partial charge in [-0.15, -0.1) is 0 Å². The number of sulfone groups is 1. The van der Waals surface area contributed by atoms with Gasteiger partial charge in [-0.25, -0.2) is 16.8 Å². The Morgan fingerprint density at radius 3 is 1.67 bits per heavy atom. The molecule has 0 aromatic heterocycles. The number of sulfonamides is 1. The molecule has 3 aromatic carbocycles. The third-order valence-electron chi connectivity index (χ3n) is 5.03. The Bertz CT molecular complexity index is 1310. The average molecular weight is 446 g/mol. The summed E-state index contributed by atoms with van der Waals surface area (Å²) in [6.07, 6.45) is 0. The van der Waals surface area contributed by atoms with Crippen molar-refractivity contribution in [3.63, 3.8) is 0 Å². The van der Waals surface area contributed by atoms with Gasteiger partial charge in [-0.2, -0.15) is 0 Å². The van der Waals surface area contributed by atoms with Gasteiger partial charge in [-0.05, 0) is 69.2 Å². The van der Waals surface area contributed by atoms with Gasteiger partial charge in [0.1, 0.15) is 10.6 Å². The van der Waals surface area contributed by atoms with E-state index >= 15 is 0 Å². The highest BCUT2D eigenvalue weighted by Gasteiger charge is 2.26. The van der Waals surface area contributed by atoms with Gasteiger partial charge in [0, 0.05) is 0 Å². The number of anilines is 1. The Morgan fingerprint density at radius 2 is 1.17 bits per heavy atom. The van der Waals surface area contributed by atoms with E-state index in [1.54, 1.807) is 38.1 Å². The zero-order chi connectivity index (χ0) is 22.3. The molecule has 2 N–H and O–H groups in total. The normalized spacial score (nSPS) is 12.0. The third kappa shape index (κ3) is 4.06. The van der Waals surface area contributed by atoms with Crippen LogP contribution < -0.4 is 4.72 Å². The first-order chi connectivity index (χ1) is 13.9. The summed E-state index contributed by atoms with van der Waals surface area (Å²) in [6.45, 7) is 6.84. The molecule has 6 nitrogen and oxygen atoms in total. The van der Waals surface area contributed by atoms with Gasteiger partial charge in [-0.3, -0.25) is 4.72 Å². The Labute approximate surface area is 177 Å². The molecule has 0 unspecified atom stereocenters. The molecular formula is C22H23NO5S2. The van der Waals surface area contributed by atoms with E-state index in [4.69, 9.17) is 0 Å². The van der Waals surface area contributed by atoms with Crippen LogP contribution in [0.1, 0.15) is 22.3 Å². The highest BCUT2D eigenvalue weighted by atomic mass is 32.2. The maximum absolute atomic E-state index is 13.1. The van der Waals surface area contributed by atoms with E-state index in [2.05, 4.69) is 4.72 Å². The molecule has 0 saturated heterocycles. The number of hydrogen-bond donors (Lipinski definition) is 2. The summed E-state index contributed by atoms with van der Waals surface area (Å²) in [5.74, 6) is -0.397. The lowest BCUT2D eigenvalue weighted by Gasteiger charge is -2.17. The first kappa shape index (κ1) is 21.9. The Morgan fingerprint density at radius 1 is 0.700 bits per heavy atom. The Kier molecular flexibility index (Phi) is 5.66. The third-order valence-corrected chi connectivity index (χ3v) is 8.19. The number of phenolic OH excluding ortho intramolecular Hbond substituents is 1. The van der Waals surface area contributed by atoms with Crippen molar-refractivity contribution in [2.45, 2.75) is 42.4 Å². The molecule has 0 radical (unpaired) electrons. The van der Waals surface area contributed by atoms with Crippen LogP contribution in [0.25, 0.3) is 0 Å². The highest BCUT2D eigenvalue weighted by Crippen LogP contribution is 2.37. The SMILES string of the molecule is Cc1ccc(S(=O)(=O)Nc2cc(S(=O)(=O)c3ccc(C)cc3)c(O)c(C)c2C)cc1. The van der Waals surface area contributed by atoms with Crippen LogP contribution in [0.15, 0.2) is 69.3 Å². The first-order valence-electron chi connectivity index (χ1n) is 9.18. The fourth-order valence-corrected chi connectivity index (χ4v) is 5.49. The van der Waals surface area contributed by atoms with Crippen molar-refractivity contribution < 1.29 is 21.9 Å². The predicted molar refractivity (Wildman–Crippen MR) is 116 cm³/mol. The van der Waals surface area contributed by atoms with E-state index in [0.29, 0.717) is 5.56 Å². The second-order valence-corrected chi connectivity index (χ2v) is 10.9. The number of nitrogens with one attached hydrogen (secondary N) is 1. The molecule has 0 atom stereocenters. The van der Waals surface area contributed by atoms with Gasteiger partial charge in [0.2, 0.25) is 9.84 Å². The number of aromatic hydroxyl groups is 1. The molecule has 0 aliphatic carbocycles. The molecule has 0 fully saturated rings. The summed E-state index contributed by atoms with van der Waals surface area (Å²) in [7, 11) is -8.00. The zero-order valence-electron chi connectivity index (χ0n) is 17.1. The molecular weight excluding hydrogens is 422 g/mol. The summed E-state index contributed by atoms with van der Waals surface area (Å²) in [5.41, 5.74) is 2.62. The van der Waals surface area contributed by atoms with Crippen molar-refractivity contribution in [1.82, 2.24) is 0 Å². The van der Waals surface area contributed by atoms with E-state index in [1.165, 1.54) is 30.3 Å². The molecule has 158 valence electrons. The van der Waals surface area contributed by atoms with Crippen LogP contribution in [0, 0.1) is 27.7 Å². The molecule has 0 aliphatic rings. The van der Waals surface area contributed by atoms with Crippen LogP contribution in [-0.2, 0) is 19.9 Å². The standard InChI is InChI=1S/C22H23NO5S2/c1-14-5-9-18(10-6-14)29(25,26)21-13-20(16(3)17(4)22(21)24)23-30(27,28)19-11-7-15(2)8-12-19/h5-13,23-24H,1-4H3. The van der Waals surface area contributed by atoms with Crippen LogP contribution in [0.2, 0.25) is 0 Å². The van der Waals surface area contributed by atoms with Crippen molar-refractivity contribution >= 4 is 25.5 Å². The summed E-state index contributed by atoms with van der Waals surface area (Å²) in [6, 6.07) is 13.7. The fourth-order valence-electron chi connectivity index (χ4n) is 2.95. The Balaban J connectivity index is 2.13. The van der Waals surface area contributed by atoms with Gasteiger partial charge >= 0.3 is 0 Å². The molecule has 30 heavy (non-hydrogen) atoms. The van der Waals surface area contributed by atoms with E-state index < -0.39 is 25.6 Å². The van der Waals surface area contributed by atoms with Gasteiger partial charge in [0.05, 0.1) is 15.5 Å². The van der Waals surface area contributed by atoms with Gasteiger partial charge in [0.15, 0.2) is 0 Å². The Hall–Kier alpha value is -2.84. The number of hydrogen-bond acceptors (Lipinski definition) is 5. The van der Waals surface area contributed by atoms with Crippen LogP contribution in [0.4, 0.5) is 5.69 Å². The minimum absolute atomic E-state index is 0.0130.